The van der Waals surface area contributed by atoms with Gasteiger partial charge in [0.25, 0.3) is 0 Å². The number of hydrogen-bond donors (Lipinski definition) is 2. The molecule has 62 valence electrons. The van der Waals surface area contributed by atoms with Crippen molar-refractivity contribution in [1.82, 2.24) is 5.01 Å². The van der Waals surface area contributed by atoms with E-state index in [-0.39, 0.29) is 47.2 Å². The van der Waals surface area contributed by atoms with Crippen LogP contribution in [0, 0.1) is 5.21 Å². The molecule has 1 atom stereocenters. The fourth-order valence-electron chi connectivity index (χ4n) is 0.350. The van der Waals surface area contributed by atoms with Crippen molar-refractivity contribution < 1.29 is 15.3 Å². The molecule has 0 aromatic carbocycles. The molecule has 0 spiro atoms. The topological polar surface area (TPSA) is 82.1 Å². The summed E-state index contributed by atoms with van der Waals surface area (Å²) in [4.78, 5) is 0.000880. The third-order valence-corrected chi connectivity index (χ3v) is 1.25. The van der Waals surface area contributed by atoms with E-state index in [1.807, 2.05) is 0 Å². The molecule has 11 heavy (non-hydrogen) atoms. The van der Waals surface area contributed by atoms with Crippen molar-refractivity contribution in [1.29, 1.82) is 0 Å². The van der Waals surface area contributed by atoms with Crippen molar-refractivity contribution in [2.75, 3.05) is 13.7 Å². The average Bonchev–Trinajstić information content (AvgIpc) is 2.00. The first kappa shape index (κ1) is 13.5. The first-order chi connectivity index (χ1) is 4.63. The van der Waals surface area contributed by atoms with Gasteiger partial charge in [0.1, 0.15) is 6.04 Å². The van der Waals surface area contributed by atoms with E-state index in [1.54, 1.807) is 6.92 Å². The van der Waals surface area contributed by atoms with Crippen LogP contribution in [0.2, 0.25) is 0 Å². The summed E-state index contributed by atoms with van der Waals surface area (Å²) in [6.07, 6.45) is 0. The summed E-state index contributed by atoms with van der Waals surface area (Å²) in [6.45, 7) is 1.46. The van der Waals surface area contributed by atoms with Gasteiger partial charge in [0.05, 0.1) is 18.6 Å². The predicted octanol–water partition coefficient (Wildman–Crippen LogP) is -1.08. The number of aliphatic hydroxyl groups excluding tert-OH is 1. The standard InChI is InChI=1S/C4H11N3O3.Na.H/c1-4(3-8)6(2)7(10)5-9;;/h4,8-9H,3H2,1-2H3;;/b7-5+;;/t4-;;/m0../s1. The quantitative estimate of drug-likeness (QED) is 0.246. The number of rotatable bonds is 3. The number of hydrogen-bond acceptors (Lipinski definition) is 3. The maximum atomic E-state index is 10.4. The molecule has 0 fully saturated rings. The molecule has 0 heterocycles. The second kappa shape index (κ2) is 6.66. The Morgan fingerprint density at radius 3 is 2.45 bits per heavy atom. The molecule has 0 aliphatic carbocycles. The van der Waals surface area contributed by atoms with Crippen LogP contribution in [0.5, 0.6) is 0 Å². The van der Waals surface area contributed by atoms with E-state index < -0.39 is 0 Å². The third-order valence-electron chi connectivity index (χ3n) is 1.25. The number of nitrogens with zero attached hydrogens (tertiary/aromatic N) is 3. The van der Waals surface area contributed by atoms with E-state index in [0.29, 0.717) is 0 Å². The fourth-order valence-corrected chi connectivity index (χ4v) is 0.350. The molecule has 0 unspecified atom stereocenters. The minimum atomic E-state index is -0.353. The number of aliphatic hydroxyl groups is 1. The fraction of sp³-hybridized carbons (Fsp3) is 1.00. The average molecular weight is 173 g/mol. The Kier molecular flexibility index (Phi) is 8.20. The van der Waals surface area contributed by atoms with Crippen LogP contribution in [-0.4, -0.2) is 69.5 Å². The molecule has 0 aliphatic heterocycles. The van der Waals surface area contributed by atoms with Gasteiger partial charge in [-0.25, -0.2) is 0 Å². The van der Waals surface area contributed by atoms with Gasteiger partial charge in [-0.2, -0.15) is 0 Å². The SMILES string of the molecule is C[C@@H](CO)N(C)/[N+]([O-])=N\O.[NaH]. The van der Waals surface area contributed by atoms with Crippen LogP contribution in [0.15, 0.2) is 5.28 Å². The molecular weight excluding hydrogens is 161 g/mol. The first-order valence-electron chi connectivity index (χ1n) is 2.79. The molecular formula is C4H12N3NaO3. The van der Waals surface area contributed by atoms with E-state index in [2.05, 4.69) is 5.28 Å². The Labute approximate surface area is 86.9 Å². The Bertz CT molecular complexity index is 132. The van der Waals surface area contributed by atoms with Crippen LogP contribution in [0.25, 0.3) is 0 Å². The van der Waals surface area contributed by atoms with Gasteiger partial charge in [0.2, 0.25) is 5.28 Å². The monoisotopic (exact) mass is 173 g/mol. The molecule has 2 N–H and O–H groups in total. The molecule has 7 heteroatoms. The molecule has 0 saturated heterocycles. The Morgan fingerprint density at radius 1 is 1.73 bits per heavy atom. The molecule has 6 nitrogen and oxygen atoms in total. The Balaban J connectivity index is 0. The van der Waals surface area contributed by atoms with Crippen molar-refractivity contribution in [2.24, 2.45) is 5.28 Å². The molecule has 0 saturated carbocycles. The van der Waals surface area contributed by atoms with E-state index in [4.69, 9.17) is 10.3 Å². The molecule has 0 aliphatic rings. The van der Waals surface area contributed by atoms with E-state index in [0.717, 1.165) is 5.01 Å². The number of hydrazine groups is 1. The van der Waals surface area contributed by atoms with Gasteiger partial charge in [0.15, 0.2) is 0 Å². The van der Waals surface area contributed by atoms with Gasteiger partial charge < -0.3 is 15.5 Å². The molecule has 0 bridgehead atoms. The van der Waals surface area contributed by atoms with Crippen LogP contribution < -0.4 is 0 Å². The maximum absolute atomic E-state index is 10.4. The summed E-state index contributed by atoms with van der Waals surface area (Å²) in [6, 6.07) is -0.353. The van der Waals surface area contributed by atoms with Gasteiger partial charge in [-0.15, -0.1) is 5.01 Å². The van der Waals surface area contributed by atoms with E-state index in [9.17, 15) is 5.21 Å². The first-order valence-corrected chi connectivity index (χ1v) is 2.79. The minimum absolute atomic E-state index is 0. The molecule has 0 radical (unpaired) electrons. The molecule has 0 rings (SSSR count). The van der Waals surface area contributed by atoms with Gasteiger partial charge >= 0.3 is 29.6 Å². The molecule has 0 amide bonds. The van der Waals surface area contributed by atoms with Crippen LogP contribution >= 0.6 is 0 Å². The normalized spacial score (nSPS) is 13.5. The van der Waals surface area contributed by atoms with Crippen LogP contribution in [0.4, 0.5) is 0 Å². The summed E-state index contributed by atoms with van der Waals surface area (Å²) in [5, 5.41) is 30.3. The van der Waals surface area contributed by atoms with Crippen LogP contribution in [-0.2, 0) is 0 Å². The zero-order chi connectivity index (χ0) is 8.15. The summed E-state index contributed by atoms with van der Waals surface area (Å²) in [5.41, 5.74) is 0. The summed E-state index contributed by atoms with van der Waals surface area (Å²) >= 11 is 0. The third kappa shape index (κ3) is 4.41. The van der Waals surface area contributed by atoms with Crippen molar-refractivity contribution >= 4 is 29.6 Å². The van der Waals surface area contributed by atoms with Gasteiger partial charge in [-0.1, -0.05) is 0 Å². The van der Waals surface area contributed by atoms with Crippen molar-refractivity contribution in [3.05, 3.63) is 5.21 Å². The second-order valence-electron chi connectivity index (χ2n) is 1.95. The zero-order valence-electron chi connectivity index (χ0n) is 5.93. The summed E-state index contributed by atoms with van der Waals surface area (Å²) in [7, 11) is 1.41. The molecule has 0 aromatic heterocycles. The van der Waals surface area contributed by atoms with Crippen LogP contribution in [0.1, 0.15) is 6.92 Å². The molecule has 0 aromatic rings. The second-order valence-corrected chi connectivity index (χ2v) is 1.95. The predicted molar refractivity (Wildman–Crippen MR) is 39.3 cm³/mol. The van der Waals surface area contributed by atoms with E-state index in [1.165, 1.54) is 7.05 Å². The van der Waals surface area contributed by atoms with Gasteiger partial charge in [-0.3, -0.25) is 0 Å². The van der Waals surface area contributed by atoms with Gasteiger partial charge in [-0.05, 0) is 6.92 Å². The zero-order valence-corrected chi connectivity index (χ0v) is 5.93. The van der Waals surface area contributed by atoms with Crippen molar-refractivity contribution in [3.8, 4) is 0 Å². The summed E-state index contributed by atoms with van der Waals surface area (Å²) in [5.74, 6) is 0. The Hall–Kier alpha value is -0.0400. The Morgan fingerprint density at radius 2 is 2.18 bits per heavy atom. The summed E-state index contributed by atoms with van der Waals surface area (Å²) < 4.78 is 0. The van der Waals surface area contributed by atoms with Crippen molar-refractivity contribution in [2.45, 2.75) is 13.0 Å². The van der Waals surface area contributed by atoms with Crippen LogP contribution in [0.3, 0.4) is 0 Å². The van der Waals surface area contributed by atoms with E-state index >= 15 is 0 Å². The van der Waals surface area contributed by atoms with Crippen molar-refractivity contribution in [3.63, 3.8) is 0 Å². The number of likely N-dealkylation sites (N-methyl/N-ethyl adjacent to an activating group) is 1. The van der Waals surface area contributed by atoms with Gasteiger partial charge in [0, 0.05) is 0 Å².